The van der Waals surface area contributed by atoms with Crippen LogP contribution in [0.25, 0.3) is 6.08 Å². The first kappa shape index (κ1) is 16.8. The van der Waals surface area contributed by atoms with E-state index in [2.05, 4.69) is 10.3 Å². The van der Waals surface area contributed by atoms with E-state index in [4.69, 9.17) is 9.47 Å². The van der Waals surface area contributed by atoms with Crippen LogP contribution in [0.3, 0.4) is 0 Å². The Balaban J connectivity index is 1.80. The summed E-state index contributed by atoms with van der Waals surface area (Å²) in [5.41, 5.74) is 2.10. The summed E-state index contributed by atoms with van der Waals surface area (Å²) in [6, 6.07) is 15.0. The molecule has 2 aromatic rings. The second-order valence-electron chi connectivity index (χ2n) is 5.91. The quantitative estimate of drug-likeness (QED) is 0.851. The number of hydrogen-bond acceptors (Lipinski definition) is 4. The van der Waals surface area contributed by atoms with Gasteiger partial charge in [0.25, 0.3) is 5.91 Å². The summed E-state index contributed by atoms with van der Waals surface area (Å²) >= 11 is 0. The van der Waals surface area contributed by atoms with Crippen molar-refractivity contribution >= 4 is 17.8 Å². The van der Waals surface area contributed by atoms with E-state index in [1.54, 1.807) is 13.2 Å². The second-order valence-corrected chi connectivity index (χ2v) is 5.91. The molecule has 0 saturated carbocycles. The lowest BCUT2D eigenvalue weighted by atomic mass is 10.2. The van der Waals surface area contributed by atoms with Crippen molar-refractivity contribution in [3.8, 4) is 11.5 Å². The highest BCUT2D eigenvalue weighted by atomic mass is 16.5. The van der Waals surface area contributed by atoms with Gasteiger partial charge in [-0.25, -0.2) is 4.99 Å². The molecule has 5 heteroatoms. The van der Waals surface area contributed by atoms with Crippen molar-refractivity contribution in [2.24, 2.45) is 4.99 Å². The topological polar surface area (TPSA) is 59.9 Å². The van der Waals surface area contributed by atoms with Crippen LogP contribution in [0.15, 0.2) is 59.2 Å². The van der Waals surface area contributed by atoms with Gasteiger partial charge < -0.3 is 14.8 Å². The Kier molecular flexibility index (Phi) is 4.84. The van der Waals surface area contributed by atoms with E-state index in [1.165, 1.54) is 0 Å². The van der Waals surface area contributed by atoms with Gasteiger partial charge in [-0.3, -0.25) is 4.79 Å². The minimum atomic E-state index is -0.215. The van der Waals surface area contributed by atoms with E-state index in [0.717, 1.165) is 22.6 Å². The first-order chi connectivity index (χ1) is 12.0. The molecule has 1 aliphatic heterocycles. The molecule has 128 valence electrons. The van der Waals surface area contributed by atoms with Gasteiger partial charge in [-0.2, -0.15) is 0 Å². The van der Waals surface area contributed by atoms with Crippen LogP contribution in [0.1, 0.15) is 25.0 Å². The normalized spacial score (nSPS) is 15.3. The number of rotatable bonds is 5. The van der Waals surface area contributed by atoms with Gasteiger partial charge in [0, 0.05) is 5.56 Å². The fraction of sp³-hybridized carbons (Fsp3) is 0.200. The molecule has 5 nitrogen and oxygen atoms in total. The molecule has 1 N–H and O–H groups in total. The Morgan fingerprint density at radius 1 is 1.00 bits per heavy atom. The Labute approximate surface area is 147 Å². The predicted octanol–water partition coefficient (Wildman–Crippen LogP) is 3.40. The number of carbonyl (C=O) groups is 1. The summed E-state index contributed by atoms with van der Waals surface area (Å²) in [4.78, 5) is 16.6. The molecule has 1 heterocycles. The van der Waals surface area contributed by atoms with Gasteiger partial charge in [0.05, 0.1) is 13.2 Å². The molecule has 0 bridgehead atoms. The number of benzene rings is 2. The molecule has 0 radical (unpaired) electrons. The fourth-order valence-electron chi connectivity index (χ4n) is 2.43. The number of methoxy groups -OCH3 is 1. The van der Waals surface area contributed by atoms with Crippen LogP contribution < -0.4 is 14.8 Å². The molecular weight excluding hydrogens is 316 g/mol. The molecule has 25 heavy (non-hydrogen) atoms. The van der Waals surface area contributed by atoms with Crippen LogP contribution in [0.5, 0.6) is 11.5 Å². The van der Waals surface area contributed by atoms with Crippen molar-refractivity contribution < 1.29 is 14.3 Å². The molecule has 3 rings (SSSR count). The molecule has 0 atom stereocenters. The van der Waals surface area contributed by atoms with Crippen LogP contribution in [0.2, 0.25) is 0 Å². The van der Waals surface area contributed by atoms with Crippen LogP contribution in [0.4, 0.5) is 0 Å². The number of amidine groups is 1. The first-order valence-electron chi connectivity index (χ1n) is 8.08. The summed E-state index contributed by atoms with van der Waals surface area (Å²) in [6.07, 6.45) is 1.88. The summed E-state index contributed by atoms with van der Waals surface area (Å²) in [5, 5.41) is 2.79. The van der Waals surface area contributed by atoms with Crippen molar-refractivity contribution in [2.45, 2.75) is 20.0 Å². The smallest absolute Gasteiger partial charge is 0.275 e. The molecule has 0 spiro atoms. The third kappa shape index (κ3) is 4.07. The lowest BCUT2D eigenvalue weighted by Crippen LogP contribution is -2.24. The Morgan fingerprint density at radius 2 is 1.64 bits per heavy atom. The van der Waals surface area contributed by atoms with Crippen molar-refractivity contribution in [3.05, 3.63) is 65.4 Å². The highest BCUT2D eigenvalue weighted by Crippen LogP contribution is 2.19. The summed E-state index contributed by atoms with van der Waals surface area (Å²) < 4.78 is 10.8. The number of amides is 1. The van der Waals surface area contributed by atoms with Crippen LogP contribution >= 0.6 is 0 Å². The third-order valence-electron chi connectivity index (χ3n) is 3.62. The van der Waals surface area contributed by atoms with Crippen molar-refractivity contribution in [3.63, 3.8) is 0 Å². The van der Waals surface area contributed by atoms with Gasteiger partial charge in [-0.15, -0.1) is 0 Å². The average molecular weight is 336 g/mol. The minimum absolute atomic E-state index is 0.126. The lowest BCUT2D eigenvalue weighted by Gasteiger charge is -2.09. The van der Waals surface area contributed by atoms with Crippen molar-refractivity contribution in [2.75, 3.05) is 7.11 Å². The van der Waals surface area contributed by atoms with Gasteiger partial charge in [0.1, 0.15) is 23.0 Å². The monoisotopic (exact) mass is 336 g/mol. The maximum atomic E-state index is 12.2. The molecular formula is C20H20N2O3. The zero-order chi connectivity index (χ0) is 17.8. The molecule has 0 unspecified atom stereocenters. The summed E-state index contributed by atoms with van der Waals surface area (Å²) in [7, 11) is 1.61. The average Bonchev–Trinajstić information content (AvgIpc) is 2.97. The number of aliphatic imine (C=N–C) groups is 1. The summed E-state index contributed by atoms with van der Waals surface area (Å²) in [6.45, 7) is 3.96. The highest BCUT2D eigenvalue weighted by molar-refractivity contribution is 6.19. The van der Waals surface area contributed by atoms with Crippen molar-refractivity contribution in [1.29, 1.82) is 0 Å². The van der Waals surface area contributed by atoms with Crippen LogP contribution in [0, 0.1) is 0 Å². The maximum Gasteiger partial charge on any atom is 0.275 e. The van der Waals surface area contributed by atoms with Gasteiger partial charge >= 0.3 is 0 Å². The largest absolute Gasteiger partial charge is 0.497 e. The zero-order valence-electron chi connectivity index (χ0n) is 14.4. The Bertz CT molecular complexity index is 819. The standard InChI is InChI=1S/C20H20N2O3/c1-13(2)25-17-8-4-14(5-9-17)12-18-20(23)22-19(21-18)15-6-10-16(24-3)11-7-15/h4-13H,1-3H3,(H,21,22,23)/b18-12+. The highest BCUT2D eigenvalue weighted by Gasteiger charge is 2.21. The molecule has 0 saturated heterocycles. The SMILES string of the molecule is COc1ccc(C2=N/C(=C/c3ccc(OC(C)C)cc3)C(=O)N2)cc1. The Morgan fingerprint density at radius 3 is 2.24 bits per heavy atom. The van der Waals surface area contributed by atoms with Gasteiger partial charge in [-0.1, -0.05) is 12.1 Å². The van der Waals surface area contributed by atoms with Crippen LogP contribution in [-0.2, 0) is 4.79 Å². The lowest BCUT2D eigenvalue weighted by molar-refractivity contribution is -0.115. The van der Waals surface area contributed by atoms with E-state index < -0.39 is 0 Å². The molecule has 2 aromatic carbocycles. The number of carbonyl (C=O) groups excluding carboxylic acids is 1. The second kappa shape index (κ2) is 7.21. The van der Waals surface area contributed by atoms with E-state index in [-0.39, 0.29) is 12.0 Å². The van der Waals surface area contributed by atoms with E-state index in [0.29, 0.717) is 11.5 Å². The zero-order valence-corrected chi connectivity index (χ0v) is 14.4. The van der Waals surface area contributed by atoms with Crippen molar-refractivity contribution in [1.82, 2.24) is 5.32 Å². The van der Waals surface area contributed by atoms with E-state index in [9.17, 15) is 4.79 Å². The third-order valence-corrected chi connectivity index (χ3v) is 3.62. The van der Waals surface area contributed by atoms with Gasteiger partial charge in [0.15, 0.2) is 0 Å². The number of ether oxygens (including phenoxy) is 2. The molecule has 1 amide bonds. The molecule has 0 aliphatic carbocycles. The van der Waals surface area contributed by atoms with Gasteiger partial charge in [-0.05, 0) is 61.9 Å². The van der Waals surface area contributed by atoms with Crippen LogP contribution in [-0.4, -0.2) is 25.0 Å². The molecule has 0 aromatic heterocycles. The predicted molar refractivity (Wildman–Crippen MR) is 97.9 cm³/mol. The number of nitrogens with one attached hydrogen (secondary N) is 1. The first-order valence-corrected chi connectivity index (χ1v) is 8.08. The molecule has 1 aliphatic rings. The Hall–Kier alpha value is -3.08. The number of hydrogen-bond donors (Lipinski definition) is 1. The molecule has 0 fully saturated rings. The maximum absolute atomic E-state index is 12.2. The van der Waals surface area contributed by atoms with Gasteiger partial charge in [0.2, 0.25) is 0 Å². The fourth-order valence-corrected chi connectivity index (χ4v) is 2.43. The summed E-state index contributed by atoms with van der Waals surface area (Å²) in [5.74, 6) is 1.88. The number of nitrogens with zero attached hydrogens (tertiary/aromatic N) is 1. The van der Waals surface area contributed by atoms with E-state index in [1.807, 2.05) is 62.4 Å². The van der Waals surface area contributed by atoms with E-state index >= 15 is 0 Å². The minimum Gasteiger partial charge on any atom is -0.497 e.